The Morgan fingerprint density at radius 3 is 2.41 bits per heavy atom. The van der Waals surface area contributed by atoms with Crippen molar-refractivity contribution in [3.63, 3.8) is 0 Å². The zero-order valence-corrected chi connectivity index (χ0v) is 10.9. The molecule has 1 aromatic carbocycles. The number of hydrogen-bond acceptors (Lipinski definition) is 2. The number of rotatable bonds is 5. The molecule has 0 saturated heterocycles. The smallest absolute Gasteiger partial charge is 0.125 e. The number of hydrogen-bond donors (Lipinski definition) is 1. The van der Waals surface area contributed by atoms with Crippen molar-refractivity contribution in [1.29, 1.82) is 0 Å². The summed E-state index contributed by atoms with van der Waals surface area (Å²) in [6.07, 6.45) is 0.251. The molecule has 0 spiro atoms. The van der Waals surface area contributed by atoms with Crippen molar-refractivity contribution in [3.05, 3.63) is 29.6 Å². The number of aliphatic hydroxyl groups is 1. The maximum Gasteiger partial charge on any atom is 0.125 e. The minimum Gasteiger partial charge on any atom is -0.490 e. The molecule has 2 unspecified atom stereocenters. The van der Waals surface area contributed by atoms with Gasteiger partial charge in [-0.2, -0.15) is 0 Å². The molecule has 17 heavy (non-hydrogen) atoms. The second-order valence-electron chi connectivity index (χ2n) is 4.92. The van der Waals surface area contributed by atoms with Crippen LogP contribution in [0, 0.1) is 11.7 Å². The van der Waals surface area contributed by atoms with Crippen molar-refractivity contribution >= 4 is 0 Å². The Balaban J connectivity index is 2.83. The average Bonchev–Trinajstić information content (AvgIpc) is 2.19. The van der Waals surface area contributed by atoms with Gasteiger partial charge in [0, 0.05) is 5.56 Å². The van der Waals surface area contributed by atoms with Crippen LogP contribution in [0.5, 0.6) is 5.75 Å². The highest BCUT2D eigenvalue weighted by atomic mass is 19.1. The van der Waals surface area contributed by atoms with E-state index >= 15 is 0 Å². The maximum absolute atomic E-state index is 13.1. The minimum absolute atomic E-state index is 0.0537. The summed E-state index contributed by atoms with van der Waals surface area (Å²) in [4.78, 5) is 0. The van der Waals surface area contributed by atoms with Crippen LogP contribution < -0.4 is 4.74 Å². The minimum atomic E-state index is -0.730. The fourth-order valence-corrected chi connectivity index (χ4v) is 1.88. The van der Waals surface area contributed by atoms with Gasteiger partial charge in [0.2, 0.25) is 0 Å². The van der Waals surface area contributed by atoms with Crippen molar-refractivity contribution in [1.82, 2.24) is 0 Å². The molecule has 1 N–H and O–H groups in total. The van der Waals surface area contributed by atoms with Gasteiger partial charge >= 0.3 is 0 Å². The highest BCUT2D eigenvalue weighted by molar-refractivity contribution is 5.35. The van der Waals surface area contributed by atoms with Crippen molar-refractivity contribution in [2.45, 2.75) is 46.3 Å². The Labute approximate surface area is 102 Å². The highest BCUT2D eigenvalue weighted by Gasteiger charge is 2.14. The standard InChI is InChI=1S/C14H21FO2/c1-9(2)7-10(3)17-14-6-5-12(15)8-13(14)11(4)16/h5-6,8-11,16H,7H2,1-4H3. The van der Waals surface area contributed by atoms with Gasteiger partial charge in [-0.25, -0.2) is 4.39 Å². The van der Waals surface area contributed by atoms with Gasteiger partial charge in [-0.1, -0.05) is 13.8 Å². The van der Waals surface area contributed by atoms with Crippen LogP contribution in [0.4, 0.5) is 4.39 Å². The molecule has 0 bridgehead atoms. The summed E-state index contributed by atoms with van der Waals surface area (Å²) in [6, 6.07) is 4.25. The summed E-state index contributed by atoms with van der Waals surface area (Å²) < 4.78 is 18.8. The Kier molecular flexibility index (Phi) is 4.94. The molecule has 0 saturated carbocycles. The first-order valence-electron chi connectivity index (χ1n) is 6.04. The molecule has 3 heteroatoms. The lowest BCUT2D eigenvalue weighted by atomic mass is 10.1. The van der Waals surface area contributed by atoms with E-state index in [-0.39, 0.29) is 11.9 Å². The molecule has 2 nitrogen and oxygen atoms in total. The van der Waals surface area contributed by atoms with Gasteiger partial charge in [0.25, 0.3) is 0 Å². The second kappa shape index (κ2) is 6.01. The number of benzene rings is 1. The summed E-state index contributed by atoms with van der Waals surface area (Å²) in [7, 11) is 0. The fourth-order valence-electron chi connectivity index (χ4n) is 1.88. The van der Waals surface area contributed by atoms with E-state index in [0.717, 1.165) is 6.42 Å². The molecule has 0 fully saturated rings. The third-order valence-corrected chi connectivity index (χ3v) is 2.55. The van der Waals surface area contributed by atoms with E-state index in [4.69, 9.17) is 4.74 Å². The lowest BCUT2D eigenvalue weighted by Crippen LogP contribution is -2.15. The highest BCUT2D eigenvalue weighted by Crippen LogP contribution is 2.27. The van der Waals surface area contributed by atoms with E-state index < -0.39 is 6.10 Å². The molecule has 1 rings (SSSR count). The summed E-state index contributed by atoms with van der Waals surface area (Å²) in [5.74, 6) is 0.750. The number of halogens is 1. The van der Waals surface area contributed by atoms with Crippen LogP contribution in [0.2, 0.25) is 0 Å². The van der Waals surface area contributed by atoms with Gasteiger partial charge in [0.1, 0.15) is 11.6 Å². The zero-order valence-electron chi connectivity index (χ0n) is 10.9. The predicted octanol–water partition coefficient (Wildman–Crippen LogP) is 3.69. The first kappa shape index (κ1) is 14.0. The fraction of sp³-hybridized carbons (Fsp3) is 0.571. The van der Waals surface area contributed by atoms with E-state index in [0.29, 0.717) is 17.2 Å². The molecule has 0 aromatic heterocycles. The summed E-state index contributed by atoms with van der Waals surface area (Å²) >= 11 is 0. The third kappa shape index (κ3) is 4.35. The Morgan fingerprint density at radius 2 is 1.88 bits per heavy atom. The van der Waals surface area contributed by atoms with Gasteiger partial charge in [0.15, 0.2) is 0 Å². The van der Waals surface area contributed by atoms with Crippen molar-refractivity contribution in [2.75, 3.05) is 0 Å². The van der Waals surface area contributed by atoms with Crippen LogP contribution in [-0.2, 0) is 0 Å². The molecule has 0 aliphatic carbocycles. The third-order valence-electron chi connectivity index (χ3n) is 2.55. The van der Waals surface area contributed by atoms with Crippen LogP contribution in [-0.4, -0.2) is 11.2 Å². The van der Waals surface area contributed by atoms with Crippen LogP contribution in [0.3, 0.4) is 0 Å². The van der Waals surface area contributed by atoms with E-state index in [2.05, 4.69) is 13.8 Å². The topological polar surface area (TPSA) is 29.5 Å². The van der Waals surface area contributed by atoms with Gasteiger partial charge in [-0.15, -0.1) is 0 Å². The molecule has 1 aromatic rings. The van der Waals surface area contributed by atoms with E-state index in [1.54, 1.807) is 13.0 Å². The first-order valence-corrected chi connectivity index (χ1v) is 6.04. The van der Waals surface area contributed by atoms with Crippen molar-refractivity contribution in [2.24, 2.45) is 5.92 Å². The normalized spacial score (nSPS) is 14.8. The molecule has 96 valence electrons. The molecule has 2 atom stereocenters. The van der Waals surface area contributed by atoms with Gasteiger partial charge in [-0.3, -0.25) is 0 Å². The molecule has 0 amide bonds. The predicted molar refractivity (Wildman–Crippen MR) is 66.6 cm³/mol. The molecule has 0 heterocycles. The van der Waals surface area contributed by atoms with Crippen LogP contribution in [0.15, 0.2) is 18.2 Å². The number of aliphatic hydroxyl groups excluding tert-OH is 1. The first-order chi connectivity index (χ1) is 7.90. The van der Waals surface area contributed by atoms with Crippen LogP contribution in [0.25, 0.3) is 0 Å². The summed E-state index contributed by atoms with van der Waals surface area (Å²) in [5, 5.41) is 9.58. The van der Waals surface area contributed by atoms with Crippen LogP contribution in [0.1, 0.15) is 45.8 Å². The van der Waals surface area contributed by atoms with Gasteiger partial charge < -0.3 is 9.84 Å². The van der Waals surface area contributed by atoms with Crippen molar-refractivity contribution in [3.8, 4) is 5.75 Å². The summed E-state index contributed by atoms with van der Waals surface area (Å²) in [6.45, 7) is 7.84. The molecule has 0 aliphatic heterocycles. The van der Waals surface area contributed by atoms with Crippen molar-refractivity contribution < 1.29 is 14.2 Å². The maximum atomic E-state index is 13.1. The monoisotopic (exact) mass is 240 g/mol. The van der Waals surface area contributed by atoms with E-state index in [1.165, 1.54) is 12.1 Å². The molecular formula is C14H21FO2. The molecular weight excluding hydrogens is 219 g/mol. The van der Waals surface area contributed by atoms with Gasteiger partial charge in [0.05, 0.1) is 12.2 Å². The van der Waals surface area contributed by atoms with E-state index in [9.17, 15) is 9.50 Å². The molecule has 0 radical (unpaired) electrons. The Morgan fingerprint density at radius 1 is 1.24 bits per heavy atom. The largest absolute Gasteiger partial charge is 0.490 e. The molecule has 0 aliphatic rings. The lowest BCUT2D eigenvalue weighted by molar-refractivity contribution is 0.166. The zero-order chi connectivity index (χ0) is 13.0. The average molecular weight is 240 g/mol. The quantitative estimate of drug-likeness (QED) is 0.850. The Hall–Kier alpha value is -1.09. The van der Waals surface area contributed by atoms with Crippen LogP contribution >= 0.6 is 0 Å². The number of ether oxygens (including phenoxy) is 1. The lowest BCUT2D eigenvalue weighted by Gasteiger charge is -2.20. The second-order valence-corrected chi connectivity index (χ2v) is 4.92. The Bertz CT molecular complexity index is 361. The SMILES string of the molecule is CC(C)CC(C)Oc1ccc(F)cc1C(C)O. The summed E-state index contributed by atoms with van der Waals surface area (Å²) in [5.41, 5.74) is 0.501. The van der Waals surface area contributed by atoms with E-state index in [1.807, 2.05) is 6.92 Å². The van der Waals surface area contributed by atoms with Gasteiger partial charge in [-0.05, 0) is 44.4 Å².